The van der Waals surface area contributed by atoms with Crippen molar-refractivity contribution in [2.75, 3.05) is 16.2 Å². The Labute approximate surface area is 160 Å². The van der Waals surface area contributed by atoms with Crippen LogP contribution in [0.2, 0.25) is 0 Å². The summed E-state index contributed by atoms with van der Waals surface area (Å²) in [6.07, 6.45) is 2.54. The molecule has 0 fully saturated rings. The predicted molar refractivity (Wildman–Crippen MR) is 110 cm³/mol. The van der Waals surface area contributed by atoms with Crippen LogP contribution in [0.1, 0.15) is 19.4 Å². The number of hydrogen-bond acceptors (Lipinski definition) is 4. The highest BCUT2D eigenvalue weighted by atomic mass is 32.2. The molecule has 140 valence electrons. The van der Waals surface area contributed by atoms with Crippen molar-refractivity contribution in [3.63, 3.8) is 0 Å². The molecule has 0 bridgehead atoms. The largest absolute Gasteiger partial charge is 0.341 e. The molecule has 1 aromatic heterocycles. The molecule has 0 aliphatic carbocycles. The van der Waals surface area contributed by atoms with Gasteiger partial charge in [-0.25, -0.2) is 13.4 Å². The number of anilines is 3. The highest BCUT2D eigenvalue weighted by Gasteiger charge is 2.15. The molecule has 3 rings (SSSR count). The molecule has 0 amide bonds. The maximum Gasteiger partial charge on any atom is 0.263 e. The van der Waals surface area contributed by atoms with Crippen LogP contribution in [0.5, 0.6) is 0 Å². The fourth-order valence-electron chi connectivity index (χ4n) is 2.83. The van der Waals surface area contributed by atoms with Gasteiger partial charge in [-0.3, -0.25) is 4.72 Å². The summed E-state index contributed by atoms with van der Waals surface area (Å²) in [7, 11) is -3.66. The number of hydrogen-bond donors (Lipinski definition) is 1. The molecule has 0 unspecified atom stereocenters. The molecule has 0 spiro atoms. The summed E-state index contributed by atoms with van der Waals surface area (Å²) in [5, 5.41) is 0. The molecule has 0 aliphatic rings. The van der Waals surface area contributed by atoms with E-state index in [0.717, 1.165) is 29.9 Å². The summed E-state index contributed by atoms with van der Waals surface area (Å²) in [6, 6.07) is 20.4. The smallest absolute Gasteiger partial charge is 0.263 e. The maximum atomic E-state index is 12.5. The summed E-state index contributed by atoms with van der Waals surface area (Å²) in [6.45, 7) is 4.87. The van der Waals surface area contributed by atoms with Gasteiger partial charge in [0.25, 0.3) is 10.0 Å². The summed E-state index contributed by atoms with van der Waals surface area (Å²) < 4.78 is 27.6. The molecular weight excluding hydrogens is 358 g/mol. The lowest BCUT2D eigenvalue weighted by atomic mass is 10.2. The number of nitrogens with one attached hydrogen (secondary N) is 1. The SMILES string of the molecule is CCc1ccc(S(=O)(=O)Nc2ccc(N(CC)c3ccccc3)cn2)cc1. The van der Waals surface area contributed by atoms with E-state index in [0.29, 0.717) is 5.82 Å². The number of rotatable bonds is 7. The minimum absolute atomic E-state index is 0.227. The Balaban J connectivity index is 1.78. The lowest BCUT2D eigenvalue weighted by Crippen LogP contribution is -2.17. The van der Waals surface area contributed by atoms with Crippen molar-refractivity contribution in [3.8, 4) is 0 Å². The lowest BCUT2D eigenvalue weighted by molar-refractivity contribution is 0.601. The van der Waals surface area contributed by atoms with Crippen LogP contribution < -0.4 is 9.62 Å². The first-order valence-electron chi connectivity index (χ1n) is 8.94. The van der Waals surface area contributed by atoms with Gasteiger partial charge < -0.3 is 4.90 Å². The molecule has 1 N–H and O–H groups in total. The second kappa shape index (κ2) is 8.22. The monoisotopic (exact) mass is 381 g/mol. The van der Waals surface area contributed by atoms with Gasteiger partial charge in [0.05, 0.1) is 16.8 Å². The molecule has 1 heterocycles. The number of nitrogens with zero attached hydrogens (tertiary/aromatic N) is 2. The van der Waals surface area contributed by atoms with E-state index in [2.05, 4.69) is 21.5 Å². The van der Waals surface area contributed by atoms with Crippen molar-refractivity contribution in [2.45, 2.75) is 25.2 Å². The Morgan fingerprint density at radius 3 is 2.15 bits per heavy atom. The quantitative estimate of drug-likeness (QED) is 0.649. The normalized spacial score (nSPS) is 11.2. The average Bonchev–Trinajstić information content (AvgIpc) is 2.70. The van der Waals surface area contributed by atoms with E-state index in [1.54, 1.807) is 24.4 Å². The van der Waals surface area contributed by atoms with Gasteiger partial charge >= 0.3 is 0 Å². The molecule has 0 radical (unpaired) electrons. The molecule has 27 heavy (non-hydrogen) atoms. The van der Waals surface area contributed by atoms with Gasteiger partial charge in [0.1, 0.15) is 5.82 Å². The van der Waals surface area contributed by atoms with E-state index in [1.165, 1.54) is 0 Å². The van der Waals surface area contributed by atoms with Crippen LogP contribution in [0.15, 0.2) is 77.8 Å². The van der Waals surface area contributed by atoms with E-state index in [1.807, 2.05) is 55.5 Å². The van der Waals surface area contributed by atoms with Crippen LogP contribution in [0, 0.1) is 0 Å². The Bertz CT molecular complexity index is 970. The Morgan fingerprint density at radius 1 is 0.889 bits per heavy atom. The number of aromatic nitrogens is 1. The van der Waals surface area contributed by atoms with Crippen molar-refractivity contribution in [1.29, 1.82) is 0 Å². The number of pyridine rings is 1. The van der Waals surface area contributed by atoms with Crippen LogP contribution >= 0.6 is 0 Å². The molecule has 3 aromatic rings. The van der Waals surface area contributed by atoms with Crippen molar-refractivity contribution >= 4 is 27.2 Å². The van der Waals surface area contributed by atoms with Crippen molar-refractivity contribution < 1.29 is 8.42 Å². The van der Waals surface area contributed by atoms with Gasteiger partial charge in [0.15, 0.2) is 0 Å². The Hall–Kier alpha value is -2.86. The second-order valence-electron chi connectivity index (χ2n) is 6.08. The van der Waals surface area contributed by atoms with Gasteiger partial charge in [-0.1, -0.05) is 37.3 Å². The zero-order valence-electron chi connectivity index (χ0n) is 15.5. The van der Waals surface area contributed by atoms with E-state index in [4.69, 9.17) is 0 Å². The molecule has 2 aromatic carbocycles. The molecule has 6 heteroatoms. The first-order chi connectivity index (χ1) is 13.0. The summed E-state index contributed by atoms with van der Waals surface area (Å²) in [5.74, 6) is 0.294. The summed E-state index contributed by atoms with van der Waals surface area (Å²) in [4.78, 5) is 6.62. The van der Waals surface area contributed by atoms with Gasteiger partial charge in [-0.2, -0.15) is 0 Å². The third-order valence-corrected chi connectivity index (χ3v) is 5.70. The van der Waals surface area contributed by atoms with Gasteiger partial charge in [-0.05, 0) is 55.3 Å². The minimum Gasteiger partial charge on any atom is -0.341 e. The van der Waals surface area contributed by atoms with Crippen LogP contribution in [0.25, 0.3) is 0 Å². The molecule has 5 nitrogen and oxygen atoms in total. The standard InChI is InChI=1S/C21H23N3O2S/c1-3-17-10-13-20(14-11-17)27(25,26)23-21-15-12-19(16-22-21)24(4-2)18-8-6-5-7-9-18/h5-16H,3-4H2,1-2H3,(H,22,23). The fraction of sp³-hybridized carbons (Fsp3) is 0.190. The van der Waals surface area contributed by atoms with E-state index < -0.39 is 10.0 Å². The first kappa shape index (κ1) is 18.9. The molecule has 0 saturated carbocycles. The lowest BCUT2D eigenvalue weighted by Gasteiger charge is -2.23. The first-order valence-corrected chi connectivity index (χ1v) is 10.4. The van der Waals surface area contributed by atoms with Gasteiger partial charge in [0.2, 0.25) is 0 Å². The van der Waals surface area contributed by atoms with Crippen LogP contribution in [0.3, 0.4) is 0 Å². The second-order valence-corrected chi connectivity index (χ2v) is 7.77. The molecule has 0 atom stereocenters. The van der Waals surface area contributed by atoms with Crippen molar-refractivity contribution in [2.24, 2.45) is 0 Å². The Kier molecular flexibility index (Phi) is 5.76. The van der Waals surface area contributed by atoms with Crippen LogP contribution in [-0.4, -0.2) is 19.9 Å². The maximum absolute atomic E-state index is 12.5. The van der Waals surface area contributed by atoms with Crippen molar-refractivity contribution in [3.05, 3.63) is 78.5 Å². The number of benzene rings is 2. The molecular formula is C21H23N3O2S. The third-order valence-electron chi connectivity index (χ3n) is 4.32. The van der Waals surface area contributed by atoms with Crippen LogP contribution in [0.4, 0.5) is 17.2 Å². The van der Waals surface area contributed by atoms with Gasteiger partial charge in [0, 0.05) is 12.2 Å². The topological polar surface area (TPSA) is 62.3 Å². The highest BCUT2D eigenvalue weighted by molar-refractivity contribution is 7.92. The zero-order chi connectivity index (χ0) is 19.3. The fourth-order valence-corrected chi connectivity index (χ4v) is 3.84. The zero-order valence-corrected chi connectivity index (χ0v) is 16.3. The van der Waals surface area contributed by atoms with E-state index in [9.17, 15) is 8.42 Å². The highest BCUT2D eigenvalue weighted by Crippen LogP contribution is 2.25. The Morgan fingerprint density at radius 2 is 1.59 bits per heavy atom. The molecule has 0 aliphatic heterocycles. The van der Waals surface area contributed by atoms with Crippen molar-refractivity contribution in [1.82, 2.24) is 4.98 Å². The van der Waals surface area contributed by atoms with E-state index >= 15 is 0 Å². The predicted octanol–water partition coefficient (Wildman–Crippen LogP) is 4.60. The minimum atomic E-state index is -3.66. The van der Waals surface area contributed by atoms with Crippen LogP contribution in [-0.2, 0) is 16.4 Å². The number of para-hydroxylation sites is 1. The third kappa shape index (κ3) is 4.46. The number of aryl methyl sites for hydroxylation is 1. The van der Waals surface area contributed by atoms with Gasteiger partial charge in [-0.15, -0.1) is 0 Å². The molecule has 0 saturated heterocycles. The summed E-state index contributed by atoms with van der Waals surface area (Å²) >= 11 is 0. The number of sulfonamides is 1. The summed E-state index contributed by atoms with van der Waals surface area (Å²) in [5.41, 5.74) is 3.06. The average molecular weight is 382 g/mol. The van der Waals surface area contributed by atoms with E-state index in [-0.39, 0.29) is 4.90 Å².